The Morgan fingerprint density at radius 3 is 2.40 bits per heavy atom. The summed E-state index contributed by atoms with van der Waals surface area (Å²) in [5.74, 6) is 0.923. The standard InChI is InChI=1S/C58H66ClN13O6/c1-4-52(75)71-28-27-70(34-42(71)15-19-60)54-45-18-22-69(49-10-6-8-39-7-5-9-47(59)53(39)49)35-48(45)61-57(62-54)78-36-44-30-43(33-65(44)3)67-23-25-68(26-24-67)56(76)40-16-20-66(21-17-40)32-38-11-13-41(14-12-38)72-55(63-64-58(72)77)46-29-37(2)50(73)31-51(46)74/h4-14,29,31,40,42-44,73-74H,1,15-18,20-28,30,32-36H2,2-3H3,(H,64,77)/t42-,43-,44-/m0/s1. The Bertz CT molecular complexity index is 3250. The van der Waals surface area contributed by atoms with Gasteiger partial charge in [0.15, 0.2) is 5.82 Å². The molecule has 4 saturated heterocycles. The minimum atomic E-state index is -0.316. The van der Waals surface area contributed by atoms with Gasteiger partial charge in [-0.15, -0.1) is 5.10 Å². The number of aryl methyl sites for hydroxylation is 1. The van der Waals surface area contributed by atoms with Gasteiger partial charge in [-0.25, -0.2) is 4.57 Å². The summed E-state index contributed by atoms with van der Waals surface area (Å²) in [6.45, 7) is 14.9. The van der Waals surface area contributed by atoms with Crippen molar-refractivity contribution in [1.82, 2.24) is 49.2 Å². The summed E-state index contributed by atoms with van der Waals surface area (Å²) in [6, 6.07) is 25.3. The largest absolute Gasteiger partial charge is 0.508 e. The zero-order valence-electron chi connectivity index (χ0n) is 44.2. The third-order valence-electron chi connectivity index (χ3n) is 16.7. The van der Waals surface area contributed by atoms with Crippen molar-refractivity contribution in [3.63, 3.8) is 0 Å². The van der Waals surface area contributed by atoms with E-state index >= 15 is 0 Å². The number of hydrogen-bond donors (Lipinski definition) is 3. The van der Waals surface area contributed by atoms with Crippen molar-refractivity contribution in [1.29, 1.82) is 5.26 Å². The Labute approximate surface area is 459 Å². The number of carbonyl (C=O) groups excluding carboxylic acids is 2. The summed E-state index contributed by atoms with van der Waals surface area (Å²) in [7, 11) is 2.15. The number of amides is 2. The van der Waals surface area contributed by atoms with Crippen molar-refractivity contribution in [3.8, 4) is 46.7 Å². The molecule has 0 spiro atoms. The van der Waals surface area contributed by atoms with Gasteiger partial charge >= 0.3 is 12.0 Å². The number of piperidine rings is 1. The van der Waals surface area contributed by atoms with Crippen LogP contribution < -0.4 is 14.5 Å². The number of likely N-dealkylation sites (tertiary alicyclic amines) is 2. The molecule has 3 N–H and O–H groups in total. The molecule has 3 atom stereocenters. The molecule has 0 aliphatic carbocycles. The van der Waals surface area contributed by atoms with E-state index in [0.29, 0.717) is 86.2 Å². The molecule has 406 valence electrons. The predicted molar refractivity (Wildman–Crippen MR) is 297 cm³/mol. The third kappa shape index (κ3) is 10.6. The fraction of sp³-hybridized carbons (Fsp3) is 0.431. The molecule has 0 unspecified atom stereocenters. The van der Waals surface area contributed by atoms with Crippen LogP contribution in [0, 0.1) is 24.2 Å². The lowest BCUT2D eigenvalue weighted by atomic mass is 9.94. The summed E-state index contributed by atoms with van der Waals surface area (Å²) in [5.41, 5.74) is 5.61. The normalized spacial score (nSPS) is 20.7. The van der Waals surface area contributed by atoms with Crippen molar-refractivity contribution >= 4 is 45.7 Å². The first-order chi connectivity index (χ1) is 37.8. The number of halogens is 1. The summed E-state index contributed by atoms with van der Waals surface area (Å²) in [6.07, 6.45) is 4.75. The van der Waals surface area contributed by atoms with E-state index in [1.54, 1.807) is 17.9 Å². The number of likely N-dealkylation sites (N-methyl/N-ethyl adjacent to an activating group) is 1. The quantitative estimate of drug-likeness (QED) is 0.111. The van der Waals surface area contributed by atoms with Gasteiger partial charge in [-0.3, -0.25) is 24.3 Å². The molecule has 78 heavy (non-hydrogen) atoms. The van der Waals surface area contributed by atoms with Crippen LogP contribution in [-0.4, -0.2) is 180 Å². The number of phenolic OH excluding ortho intramolecular Hbond substituents is 2. The summed E-state index contributed by atoms with van der Waals surface area (Å²) in [5, 5.41) is 51.7. The number of nitriles is 1. The molecule has 0 bridgehead atoms. The monoisotopic (exact) mass is 1080 g/mol. The van der Waals surface area contributed by atoms with Gasteiger partial charge in [0, 0.05) is 106 Å². The first kappa shape index (κ1) is 52.5. The van der Waals surface area contributed by atoms with Gasteiger partial charge in [0.1, 0.15) is 23.9 Å². The van der Waals surface area contributed by atoms with Crippen LogP contribution in [0.4, 0.5) is 11.5 Å². The van der Waals surface area contributed by atoms with Gasteiger partial charge in [-0.05, 0) is 106 Å². The number of nitrogens with zero attached hydrogens (tertiary/aromatic N) is 13. The van der Waals surface area contributed by atoms with E-state index in [-0.39, 0.29) is 59.6 Å². The van der Waals surface area contributed by atoms with Gasteiger partial charge in [0.25, 0.3) is 0 Å². The fourth-order valence-electron chi connectivity index (χ4n) is 12.3. The van der Waals surface area contributed by atoms with Crippen molar-refractivity contribution < 1.29 is 29.6 Å². The van der Waals surface area contributed by atoms with E-state index in [2.05, 4.69) is 83.6 Å². The number of hydrogen-bond acceptors (Lipinski definition) is 16. The van der Waals surface area contributed by atoms with Crippen molar-refractivity contribution in [2.45, 2.75) is 70.2 Å². The molecule has 0 radical (unpaired) electrons. The van der Waals surface area contributed by atoms with Gasteiger partial charge in [0.05, 0.1) is 47.0 Å². The van der Waals surface area contributed by atoms with E-state index in [1.807, 2.05) is 36.4 Å². The number of aromatic nitrogens is 5. The van der Waals surface area contributed by atoms with E-state index in [4.69, 9.17) is 26.3 Å². The molecule has 7 heterocycles. The molecule has 5 aliphatic rings. The Hall–Kier alpha value is -7.50. The molecule has 5 aliphatic heterocycles. The number of ether oxygens (including phenoxy) is 1. The SMILES string of the molecule is C=CC(=O)N1CCN(c2nc(OC[C@@H]3C[C@H](N4CCN(C(=O)C5CCN(Cc6ccc(-n7c(O)nnc7-c7cc(C)c(O)cc7O)cc6)CC5)CC4)CN3C)nc3c2CCN(c2cccc4cccc(Cl)c24)C3)C[C@@H]1CC#N. The number of phenols is 2. The number of aromatic hydroxyl groups is 3. The summed E-state index contributed by atoms with van der Waals surface area (Å²) in [4.78, 5) is 52.7. The highest BCUT2D eigenvalue weighted by Gasteiger charge is 2.38. The highest BCUT2D eigenvalue weighted by atomic mass is 35.5. The van der Waals surface area contributed by atoms with Crippen LogP contribution >= 0.6 is 11.6 Å². The molecule has 6 aromatic rings. The molecular formula is C58H66ClN13O6. The number of rotatable bonds is 13. The Morgan fingerprint density at radius 1 is 0.872 bits per heavy atom. The highest BCUT2D eigenvalue weighted by Crippen LogP contribution is 2.39. The molecule has 19 nitrogen and oxygen atoms in total. The van der Waals surface area contributed by atoms with Crippen molar-refractivity contribution in [2.24, 2.45) is 5.92 Å². The number of piperazine rings is 2. The molecule has 20 heteroatoms. The minimum absolute atomic E-state index is 0.000529. The lowest BCUT2D eigenvalue weighted by molar-refractivity contribution is -0.139. The maximum absolute atomic E-state index is 14.0. The molecule has 4 aromatic carbocycles. The smallest absolute Gasteiger partial charge is 0.319 e. The fourth-order valence-corrected chi connectivity index (χ4v) is 12.6. The number of anilines is 2. The molecular weight excluding hydrogens is 1010 g/mol. The summed E-state index contributed by atoms with van der Waals surface area (Å²) < 4.78 is 8.08. The van der Waals surface area contributed by atoms with Gasteiger partial charge in [-0.2, -0.15) is 15.2 Å². The molecule has 4 fully saturated rings. The zero-order chi connectivity index (χ0) is 54.2. The predicted octanol–water partition coefficient (Wildman–Crippen LogP) is 6.14. The molecule has 2 amide bonds. The topological polar surface area (TPSA) is 207 Å². The number of carbonyl (C=O) groups is 2. The van der Waals surface area contributed by atoms with E-state index in [1.165, 1.54) is 16.7 Å². The van der Waals surface area contributed by atoms with Crippen molar-refractivity contribution in [2.75, 3.05) is 95.4 Å². The number of fused-ring (bicyclic) bond motifs is 2. The Morgan fingerprint density at radius 2 is 1.64 bits per heavy atom. The van der Waals surface area contributed by atoms with Gasteiger partial charge in [0.2, 0.25) is 11.8 Å². The van der Waals surface area contributed by atoms with E-state index < -0.39 is 0 Å². The maximum Gasteiger partial charge on any atom is 0.319 e. The van der Waals surface area contributed by atoms with Crippen LogP contribution in [0.25, 0.3) is 27.8 Å². The Balaban J connectivity index is 0.689. The minimum Gasteiger partial charge on any atom is -0.508 e. The molecule has 2 aromatic heterocycles. The molecule has 11 rings (SSSR count). The average molecular weight is 1080 g/mol. The van der Waals surface area contributed by atoms with Gasteiger partial charge < -0.3 is 39.7 Å². The Kier molecular flexibility index (Phi) is 15.1. The van der Waals surface area contributed by atoms with E-state index in [9.17, 15) is 30.2 Å². The van der Waals surface area contributed by atoms with E-state index in [0.717, 1.165) is 104 Å². The number of benzene rings is 4. The second kappa shape index (κ2) is 22.5. The second-order valence-corrected chi connectivity index (χ2v) is 21.8. The first-order valence-electron chi connectivity index (χ1n) is 27.1. The first-order valence-corrected chi connectivity index (χ1v) is 27.4. The van der Waals surface area contributed by atoms with Crippen LogP contribution in [0.15, 0.2) is 85.5 Å². The highest BCUT2D eigenvalue weighted by molar-refractivity contribution is 6.36. The van der Waals surface area contributed by atoms with Crippen LogP contribution in [0.2, 0.25) is 5.02 Å². The van der Waals surface area contributed by atoms with Crippen LogP contribution in [-0.2, 0) is 29.1 Å². The summed E-state index contributed by atoms with van der Waals surface area (Å²) >= 11 is 6.82. The third-order valence-corrected chi connectivity index (χ3v) is 17.0. The van der Waals surface area contributed by atoms with Gasteiger partial charge in [-0.1, -0.05) is 59.7 Å². The zero-order valence-corrected chi connectivity index (χ0v) is 45.0. The second-order valence-electron chi connectivity index (χ2n) is 21.4. The average Bonchev–Trinajstić information content (AvgIpc) is 4.06. The lowest BCUT2D eigenvalue weighted by Crippen LogP contribution is -2.55. The van der Waals surface area contributed by atoms with Crippen LogP contribution in [0.1, 0.15) is 48.1 Å². The molecule has 0 saturated carbocycles. The lowest BCUT2D eigenvalue weighted by Gasteiger charge is -2.42. The maximum atomic E-state index is 14.0. The van der Waals surface area contributed by atoms with Crippen LogP contribution in [0.5, 0.6) is 23.5 Å². The van der Waals surface area contributed by atoms with Crippen LogP contribution in [0.3, 0.4) is 0 Å². The van der Waals surface area contributed by atoms with Crippen molar-refractivity contribution in [3.05, 3.63) is 113 Å².